The third-order valence-corrected chi connectivity index (χ3v) is 3.43. The van der Waals surface area contributed by atoms with Crippen LogP contribution in [0, 0.1) is 5.82 Å². The summed E-state index contributed by atoms with van der Waals surface area (Å²) in [4.78, 5) is 16.2. The van der Waals surface area contributed by atoms with Crippen LogP contribution >= 0.6 is 11.3 Å². The van der Waals surface area contributed by atoms with Crippen molar-refractivity contribution in [2.24, 2.45) is 5.16 Å². The van der Waals surface area contributed by atoms with Gasteiger partial charge in [0.25, 0.3) is 5.91 Å². The molecule has 0 unspecified atom stereocenters. The van der Waals surface area contributed by atoms with E-state index < -0.39 is 11.7 Å². The number of oxime groups is 1. The number of ether oxygens (including phenoxy) is 1. The average Bonchev–Trinajstić information content (AvgIpc) is 2.94. The Bertz CT molecular complexity index is 700. The molecule has 6 nitrogen and oxygen atoms in total. The molecule has 0 aliphatic rings. The van der Waals surface area contributed by atoms with E-state index in [1.54, 1.807) is 12.3 Å². The molecule has 110 valence electrons. The van der Waals surface area contributed by atoms with Crippen molar-refractivity contribution >= 4 is 28.1 Å². The number of aromatic nitrogens is 1. The molecule has 0 aliphatic carbocycles. The Hall–Kier alpha value is -2.48. The maximum absolute atomic E-state index is 13.8. The van der Waals surface area contributed by atoms with Gasteiger partial charge in [-0.25, -0.2) is 9.37 Å². The van der Waals surface area contributed by atoms with Gasteiger partial charge in [0.15, 0.2) is 5.13 Å². The molecule has 0 spiro atoms. The third kappa shape index (κ3) is 3.16. The van der Waals surface area contributed by atoms with Crippen LogP contribution in [-0.4, -0.2) is 28.9 Å². The molecule has 8 heteroatoms. The molecule has 0 atom stereocenters. The van der Waals surface area contributed by atoms with Gasteiger partial charge in [0.05, 0.1) is 7.11 Å². The van der Waals surface area contributed by atoms with Crippen molar-refractivity contribution < 1.29 is 19.1 Å². The first-order valence-corrected chi connectivity index (χ1v) is 6.73. The summed E-state index contributed by atoms with van der Waals surface area (Å²) in [5.74, 6) is -1.21. The summed E-state index contributed by atoms with van der Waals surface area (Å²) in [5.41, 5.74) is 0.554. The van der Waals surface area contributed by atoms with Crippen LogP contribution < -0.4 is 10.1 Å². The van der Waals surface area contributed by atoms with E-state index >= 15 is 0 Å². The highest BCUT2D eigenvalue weighted by Crippen LogP contribution is 2.23. The fourth-order valence-corrected chi connectivity index (χ4v) is 2.35. The number of carbonyl (C=O) groups is 1. The number of nitrogens with zero attached hydrogens (tertiary/aromatic N) is 2. The molecule has 0 saturated carbocycles. The minimum absolute atomic E-state index is 0.136. The number of thiazole rings is 1. The quantitative estimate of drug-likeness (QED) is 0.517. The number of rotatable bonds is 4. The van der Waals surface area contributed by atoms with E-state index in [-0.39, 0.29) is 16.4 Å². The van der Waals surface area contributed by atoms with Crippen LogP contribution in [-0.2, 0) is 0 Å². The van der Waals surface area contributed by atoms with Gasteiger partial charge in [-0.1, -0.05) is 11.2 Å². The van der Waals surface area contributed by atoms with Crippen LogP contribution in [0.1, 0.15) is 23.0 Å². The van der Waals surface area contributed by atoms with Crippen molar-refractivity contribution in [2.45, 2.75) is 6.92 Å². The van der Waals surface area contributed by atoms with Gasteiger partial charge in [-0.3, -0.25) is 10.1 Å². The molecule has 2 aromatic rings. The van der Waals surface area contributed by atoms with Gasteiger partial charge in [-0.2, -0.15) is 0 Å². The van der Waals surface area contributed by atoms with Gasteiger partial charge in [-0.05, 0) is 19.1 Å². The standard InChI is InChI=1S/C13H12FN3O3S/c1-7(17-19)9-6-21-13(15-9)16-12(18)11-8(14)4-3-5-10(11)20-2/h3-6,19H,1-2H3,(H,15,16,18). The highest BCUT2D eigenvalue weighted by Gasteiger charge is 2.19. The molecular formula is C13H12FN3O3S. The van der Waals surface area contributed by atoms with E-state index in [4.69, 9.17) is 9.94 Å². The van der Waals surface area contributed by atoms with Crippen LogP contribution in [0.5, 0.6) is 5.75 Å². The second-order valence-corrected chi connectivity index (χ2v) is 4.85. The number of carbonyl (C=O) groups excluding carboxylic acids is 1. The molecule has 1 amide bonds. The predicted octanol–water partition coefficient (Wildman–Crippen LogP) is 2.74. The van der Waals surface area contributed by atoms with E-state index in [1.807, 2.05) is 0 Å². The maximum atomic E-state index is 13.8. The van der Waals surface area contributed by atoms with E-state index in [0.717, 1.165) is 11.3 Å². The zero-order chi connectivity index (χ0) is 15.4. The van der Waals surface area contributed by atoms with Crippen molar-refractivity contribution in [3.05, 3.63) is 40.7 Å². The smallest absolute Gasteiger partial charge is 0.264 e. The van der Waals surface area contributed by atoms with Gasteiger partial charge in [0.2, 0.25) is 0 Å². The van der Waals surface area contributed by atoms with Gasteiger partial charge >= 0.3 is 0 Å². The molecule has 21 heavy (non-hydrogen) atoms. The van der Waals surface area contributed by atoms with E-state index in [1.165, 1.54) is 25.3 Å². The number of benzene rings is 1. The number of hydrogen-bond acceptors (Lipinski definition) is 6. The van der Waals surface area contributed by atoms with Gasteiger partial charge in [0, 0.05) is 5.38 Å². The molecule has 0 saturated heterocycles. The lowest BCUT2D eigenvalue weighted by Crippen LogP contribution is -2.15. The van der Waals surface area contributed by atoms with Crippen LogP contribution in [0.15, 0.2) is 28.7 Å². The molecule has 0 radical (unpaired) electrons. The van der Waals surface area contributed by atoms with Crippen molar-refractivity contribution in [1.29, 1.82) is 0 Å². The largest absolute Gasteiger partial charge is 0.496 e. The molecule has 2 N–H and O–H groups in total. The molecule has 1 aromatic heterocycles. The monoisotopic (exact) mass is 309 g/mol. The lowest BCUT2D eigenvalue weighted by molar-refractivity contribution is 0.102. The average molecular weight is 309 g/mol. The second kappa shape index (κ2) is 6.31. The Kier molecular flexibility index (Phi) is 4.49. The summed E-state index contributed by atoms with van der Waals surface area (Å²) >= 11 is 1.14. The normalized spacial score (nSPS) is 11.3. The highest BCUT2D eigenvalue weighted by atomic mass is 32.1. The molecule has 1 aromatic carbocycles. The van der Waals surface area contributed by atoms with Gasteiger partial charge < -0.3 is 9.94 Å². The highest BCUT2D eigenvalue weighted by molar-refractivity contribution is 7.14. The molecular weight excluding hydrogens is 297 g/mol. The minimum atomic E-state index is -0.684. The van der Waals surface area contributed by atoms with E-state index in [2.05, 4.69) is 15.5 Å². The Morgan fingerprint density at radius 2 is 2.29 bits per heavy atom. The van der Waals surface area contributed by atoms with Crippen molar-refractivity contribution in [3.63, 3.8) is 0 Å². The Labute approximate surface area is 123 Å². The van der Waals surface area contributed by atoms with Crippen LogP contribution in [0.4, 0.5) is 9.52 Å². The summed E-state index contributed by atoms with van der Waals surface area (Å²) < 4.78 is 18.7. The minimum Gasteiger partial charge on any atom is -0.496 e. The molecule has 1 heterocycles. The predicted molar refractivity (Wildman–Crippen MR) is 77.0 cm³/mol. The number of hydrogen-bond donors (Lipinski definition) is 2. The van der Waals surface area contributed by atoms with Crippen LogP contribution in [0.25, 0.3) is 0 Å². The molecule has 0 fully saturated rings. The SMILES string of the molecule is COc1cccc(F)c1C(=O)Nc1nc(C(C)=NO)cs1. The Balaban J connectivity index is 2.25. The molecule has 0 bridgehead atoms. The van der Waals surface area contributed by atoms with Crippen LogP contribution in [0.2, 0.25) is 0 Å². The second-order valence-electron chi connectivity index (χ2n) is 3.99. The van der Waals surface area contributed by atoms with E-state index in [9.17, 15) is 9.18 Å². The topological polar surface area (TPSA) is 83.8 Å². The number of methoxy groups -OCH3 is 1. The fourth-order valence-electron chi connectivity index (χ4n) is 1.60. The first-order chi connectivity index (χ1) is 10.1. The summed E-state index contributed by atoms with van der Waals surface area (Å²) in [6.07, 6.45) is 0. The third-order valence-electron chi connectivity index (χ3n) is 2.67. The zero-order valence-electron chi connectivity index (χ0n) is 11.3. The molecule has 0 aliphatic heterocycles. The van der Waals surface area contributed by atoms with Gasteiger partial charge in [0.1, 0.15) is 28.5 Å². The van der Waals surface area contributed by atoms with Crippen molar-refractivity contribution in [3.8, 4) is 5.75 Å². The number of amides is 1. The van der Waals surface area contributed by atoms with Crippen molar-refractivity contribution in [1.82, 2.24) is 4.98 Å². The lowest BCUT2D eigenvalue weighted by atomic mass is 10.1. The van der Waals surface area contributed by atoms with Crippen LogP contribution in [0.3, 0.4) is 0 Å². The number of halogens is 1. The zero-order valence-corrected chi connectivity index (χ0v) is 12.1. The Morgan fingerprint density at radius 3 is 2.95 bits per heavy atom. The summed E-state index contributed by atoms with van der Waals surface area (Å²) in [6.45, 7) is 1.57. The first-order valence-electron chi connectivity index (χ1n) is 5.85. The number of nitrogens with one attached hydrogen (secondary N) is 1. The van der Waals surface area contributed by atoms with E-state index in [0.29, 0.717) is 11.4 Å². The fraction of sp³-hybridized carbons (Fsp3) is 0.154. The summed E-state index contributed by atoms with van der Waals surface area (Å²) in [7, 11) is 1.36. The molecule has 2 rings (SSSR count). The van der Waals surface area contributed by atoms with Crippen molar-refractivity contribution in [2.75, 3.05) is 12.4 Å². The first kappa shape index (κ1) is 14.9. The maximum Gasteiger partial charge on any atom is 0.264 e. The lowest BCUT2D eigenvalue weighted by Gasteiger charge is -2.08. The summed E-state index contributed by atoms with van der Waals surface area (Å²) in [5, 5.41) is 16.0. The summed E-state index contributed by atoms with van der Waals surface area (Å²) in [6, 6.07) is 4.12. The number of anilines is 1. The van der Waals surface area contributed by atoms with Gasteiger partial charge in [-0.15, -0.1) is 11.3 Å². The Morgan fingerprint density at radius 1 is 1.52 bits per heavy atom.